The average molecular weight is 399 g/mol. The summed E-state index contributed by atoms with van der Waals surface area (Å²) < 4.78 is 0. The molecule has 0 aliphatic carbocycles. The first-order chi connectivity index (χ1) is 14.6. The fraction of sp³-hybridized carbons (Fsp3) is 0.208. The largest absolute Gasteiger partial charge is 0.313 e. The predicted molar refractivity (Wildman–Crippen MR) is 114 cm³/mol. The summed E-state index contributed by atoms with van der Waals surface area (Å²) in [5.41, 5.74) is 1.95. The van der Waals surface area contributed by atoms with Crippen LogP contribution in [0.5, 0.6) is 0 Å². The molecule has 1 fully saturated rings. The van der Waals surface area contributed by atoms with E-state index in [9.17, 15) is 14.9 Å². The van der Waals surface area contributed by atoms with E-state index in [0.29, 0.717) is 0 Å². The summed E-state index contributed by atoms with van der Waals surface area (Å²) in [7, 11) is 1.73. The summed E-state index contributed by atoms with van der Waals surface area (Å²) >= 11 is 0. The van der Waals surface area contributed by atoms with Crippen LogP contribution in [-0.2, 0) is 10.3 Å². The Balaban J connectivity index is 1.80. The number of nitro groups is 1. The monoisotopic (exact) mass is 399 g/mol. The average Bonchev–Trinajstić information content (AvgIpc) is 3.25. The number of para-hydroxylation sites is 1. The lowest BCUT2D eigenvalue weighted by Crippen LogP contribution is -2.50. The molecule has 6 nitrogen and oxygen atoms in total. The van der Waals surface area contributed by atoms with Gasteiger partial charge < -0.3 is 4.90 Å². The number of carbonyl (C=O) groups excluding carboxylic acids is 1. The van der Waals surface area contributed by atoms with Crippen LogP contribution in [0, 0.1) is 10.1 Å². The van der Waals surface area contributed by atoms with E-state index in [1.807, 2.05) is 84.9 Å². The number of fused-ring (bicyclic) bond motifs is 2. The highest BCUT2D eigenvalue weighted by Crippen LogP contribution is 2.56. The van der Waals surface area contributed by atoms with E-state index >= 15 is 0 Å². The maximum absolute atomic E-state index is 13.8. The zero-order valence-electron chi connectivity index (χ0n) is 16.4. The van der Waals surface area contributed by atoms with Crippen molar-refractivity contribution in [1.29, 1.82) is 0 Å². The first-order valence-corrected chi connectivity index (χ1v) is 9.94. The van der Waals surface area contributed by atoms with Crippen LogP contribution in [-0.4, -0.2) is 23.9 Å². The van der Waals surface area contributed by atoms with Gasteiger partial charge in [-0.2, -0.15) is 0 Å². The Morgan fingerprint density at radius 3 is 2.10 bits per heavy atom. The van der Waals surface area contributed by atoms with Gasteiger partial charge in [-0.1, -0.05) is 78.9 Å². The molecule has 5 rings (SSSR count). The highest BCUT2D eigenvalue weighted by Gasteiger charge is 2.67. The number of likely N-dealkylation sites (N-methyl/N-ethyl adjacent to an activating group) is 1. The second-order valence-electron chi connectivity index (χ2n) is 7.89. The van der Waals surface area contributed by atoms with Gasteiger partial charge in [0.1, 0.15) is 11.6 Å². The molecule has 1 unspecified atom stereocenters. The molecule has 3 aromatic carbocycles. The van der Waals surface area contributed by atoms with Gasteiger partial charge in [0.05, 0.1) is 5.92 Å². The Hall–Kier alpha value is -3.51. The van der Waals surface area contributed by atoms with Crippen molar-refractivity contribution in [3.05, 3.63) is 112 Å². The Bertz CT molecular complexity index is 1120. The van der Waals surface area contributed by atoms with Crippen LogP contribution in [0.25, 0.3) is 0 Å². The van der Waals surface area contributed by atoms with Gasteiger partial charge >= 0.3 is 0 Å². The van der Waals surface area contributed by atoms with Gasteiger partial charge in [0.15, 0.2) is 0 Å². The summed E-state index contributed by atoms with van der Waals surface area (Å²) in [5, 5.41) is 15.9. The molecule has 2 heterocycles. The normalized spacial score (nSPS) is 27.4. The Morgan fingerprint density at radius 2 is 1.47 bits per heavy atom. The highest BCUT2D eigenvalue weighted by molar-refractivity contribution is 6.08. The molecule has 6 heteroatoms. The van der Waals surface area contributed by atoms with E-state index in [4.69, 9.17) is 0 Å². The van der Waals surface area contributed by atoms with Crippen molar-refractivity contribution in [3.63, 3.8) is 0 Å². The fourth-order valence-electron chi connectivity index (χ4n) is 5.19. The predicted octanol–water partition coefficient (Wildman–Crippen LogP) is 3.63. The van der Waals surface area contributed by atoms with Crippen LogP contribution in [0.15, 0.2) is 84.9 Å². The third-order valence-electron chi connectivity index (χ3n) is 6.43. The number of anilines is 1. The van der Waals surface area contributed by atoms with Gasteiger partial charge in [0.2, 0.25) is 6.04 Å². The lowest BCUT2D eigenvalue weighted by molar-refractivity contribution is -0.527. The maximum Gasteiger partial charge on any atom is 0.252 e. The number of nitrogens with zero attached hydrogens (tertiary/aromatic N) is 2. The SMILES string of the molecule is CN1C(=O)C2(N[C@@H](c3ccccc3)[C@@H]([N+](=O)[O-])[C@H]2c2ccccc2)c2ccccc21. The van der Waals surface area contributed by atoms with Crippen LogP contribution in [0.1, 0.15) is 28.7 Å². The number of hydrogen-bond acceptors (Lipinski definition) is 4. The molecule has 1 amide bonds. The molecule has 4 atom stereocenters. The molecule has 150 valence electrons. The lowest BCUT2D eigenvalue weighted by Gasteiger charge is -2.30. The first kappa shape index (κ1) is 18.5. The second kappa shape index (κ2) is 6.78. The topological polar surface area (TPSA) is 75.5 Å². The fourth-order valence-corrected chi connectivity index (χ4v) is 5.19. The van der Waals surface area contributed by atoms with Crippen LogP contribution in [0.2, 0.25) is 0 Å². The first-order valence-electron chi connectivity index (χ1n) is 9.94. The number of hydrogen-bond donors (Lipinski definition) is 1. The Morgan fingerprint density at radius 1 is 0.900 bits per heavy atom. The van der Waals surface area contributed by atoms with E-state index in [1.54, 1.807) is 11.9 Å². The third-order valence-corrected chi connectivity index (χ3v) is 6.43. The van der Waals surface area contributed by atoms with Gasteiger partial charge in [-0.3, -0.25) is 20.2 Å². The Labute approximate surface area is 174 Å². The van der Waals surface area contributed by atoms with Crippen molar-refractivity contribution in [2.45, 2.75) is 23.5 Å². The summed E-state index contributed by atoms with van der Waals surface area (Å²) in [5.74, 6) is -0.819. The molecule has 0 aromatic heterocycles. The maximum atomic E-state index is 13.8. The number of rotatable bonds is 3. The van der Waals surface area contributed by atoms with Crippen molar-refractivity contribution in [2.75, 3.05) is 11.9 Å². The minimum absolute atomic E-state index is 0.164. The van der Waals surface area contributed by atoms with Crippen LogP contribution < -0.4 is 10.2 Å². The number of amides is 1. The van der Waals surface area contributed by atoms with E-state index < -0.39 is 23.5 Å². The molecular formula is C24H21N3O3. The molecule has 1 N–H and O–H groups in total. The van der Waals surface area contributed by atoms with Crippen molar-refractivity contribution in [1.82, 2.24) is 5.32 Å². The molecular weight excluding hydrogens is 378 g/mol. The number of carbonyl (C=O) groups is 1. The van der Waals surface area contributed by atoms with Gasteiger partial charge in [0, 0.05) is 23.2 Å². The van der Waals surface area contributed by atoms with Crippen LogP contribution in [0.3, 0.4) is 0 Å². The molecule has 3 aromatic rings. The number of benzene rings is 3. The molecule has 1 spiro atoms. The van der Waals surface area contributed by atoms with E-state index in [0.717, 1.165) is 22.4 Å². The smallest absolute Gasteiger partial charge is 0.252 e. The van der Waals surface area contributed by atoms with Gasteiger partial charge in [-0.05, 0) is 17.2 Å². The van der Waals surface area contributed by atoms with Gasteiger partial charge in [-0.15, -0.1) is 0 Å². The number of nitrogens with one attached hydrogen (secondary N) is 1. The van der Waals surface area contributed by atoms with Crippen LogP contribution >= 0.6 is 0 Å². The summed E-state index contributed by atoms with van der Waals surface area (Å²) in [6.45, 7) is 0. The van der Waals surface area contributed by atoms with Crippen molar-refractivity contribution < 1.29 is 9.72 Å². The van der Waals surface area contributed by atoms with Crippen molar-refractivity contribution in [2.24, 2.45) is 0 Å². The van der Waals surface area contributed by atoms with Crippen LogP contribution in [0.4, 0.5) is 5.69 Å². The summed E-state index contributed by atoms with van der Waals surface area (Å²) in [6, 6.07) is 24.7. The highest BCUT2D eigenvalue weighted by atomic mass is 16.6. The molecule has 0 bridgehead atoms. The molecule has 0 saturated carbocycles. The quantitative estimate of drug-likeness (QED) is 0.539. The molecule has 2 aliphatic rings. The van der Waals surface area contributed by atoms with Crippen molar-refractivity contribution in [3.8, 4) is 0 Å². The summed E-state index contributed by atoms with van der Waals surface area (Å²) in [6.07, 6.45) is 0. The zero-order chi connectivity index (χ0) is 20.9. The molecule has 1 saturated heterocycles. The van der Waals surface area contributed by atoms with E-state index in [1.165, 1.54) is 0 Å². The molecule has 30 heavy (non-hydrogen) atoms. The minimum Gasteiger partial charge on any atom is -0.313 e. The second-order valence-corrected chi connectivity index (χ2v) is 7.89. The Kier molecular flexibility index (Phi) is 4.18. The standard InChI is InChI=1S/C24H21N3O3/c1-26-19-15-9-8-14-18(19)24(23(26)28)20(16-10-4-2-5-11-16)22(27(29)30)21(25-24)17-12-6-3-7-13-17/h2-15,20-22,25H,1H3/t20-,21+,22+,24?/m1/s1. The van der Waals surface area contributed by atoms with E-state index in [2.05, 4.69) is 5.32 Å². The van der Waals surface area contributed by atoms with E-state index in [-0.39, 0.29) is 10.8 Å². The van der Waals surface area contributed by atoms with Gasteiger partial charge in [0.25, 0.3) is 5.91 Å². The van der Waals surface area contributed by atoms with Gasteiger partial charge in [-0.25, -0.2) is 0 Å². The third kappa shape index (κ3) is 2.44. The molecule has 2 aliphatic heterocycles. The zero-order valence-corrected chi connectivity index (χ0v) is 16.4. The van der Waals surface area contributed by atoms with Crippen molar-refractivity contribution >= 4 is 11.6 Å². The summed E-state index contributed by atoms with van der Waals surface area (Å²) in [4.78, 5) is 27.6. The molecule has 0 radical (unpaired) electrons. The minimum atomic E-state index is -1.20. The lowest BCUT2D eigenvalue weighted by atomic mass is 9.74.